The number of carbonyl (C=O) groups is 2. The first-order valence-corrected chi connectivity index (χ1v) is 7.26. The lowest BCUT2D eigenvalue weighted by Crippen LogP contribution is -2.48. The van der Waals surface area contributed by atoms with Crippen molar-refractivity contribution in [3.05, 3.63) is 25.3 Å². The average molecular weight is 329 g/mol. The molecule has 0 radical (unpaired) electrons. The lowest BCUT2D eigenvalue weighted by molar-refractivity contribution is -0.144. The SMILES string of the molecule is C=CCN(CC(OC)[C@@H](OC)[C@@H](O)C=C)C(=O)CCC(=O)OC. The van der Waals surface area contributed by atoms with Gasteiger partial charge in [-0.3, -0.25) is 9.59 Å². The molecule has 0 rings (SSSR count). The summed E-state index contributed by atoms with van der Waals surface area (Å²) in [4.78, 5) is 24.9. The van der Waals surface area contributed by atoms with Crippen LogP contribution in [0.2, 0.25) is 0 Å². The van der Waals surface area contributed by atoms with Crippen molar-refractivity contribution in [2.75, 3.05) is 34.4 Å². The molecule has 0 aromatic carbocycles. The Balaban J connectivity index is 4.92. The summed E-state index contributed by atoms with van der Waals surface area (Å²) in [5.41, 5.74) is 0. The number of amides is 1. The van der Waals surface area contributed by atoms with Gasteiger partial charge in [0, 0.05) is 33.7 Å². The predicted molar refractivity (Wildman–Crippen MR) is 85.8 cm³/mol. The highest BCUT2D eigenvalue weighted by Gasteiger charge is 2.29. The van der Waals surface area contributed by atoms with Crippen molar-refractivity contribution in [3.8, 4) is 0 Å². The number of ether oxygens (including phenoxy) is 3. The number of esters is 1. The van der Waals surface area contributed by atoms with Crippen LogP contribution in [0, 0.1) is 0 Å². The fourth-order valence-corrected chi connectivity index (χ4v) is 2.08. The number of rotatable bonds is 12. The first-order chi connectivity index (χ1) is 10.9. The molecule has 132 valence electrons. The molecule has 0 bridgehead atoms. The van der Waals surface area contributed by atoms with Crippen LogP contribution in [0.1, 0.15) is 12.8 Å². The minimum absolute atomic E-state index is 0.00359. The highest BCUT2D eigenvalue weighted by Crippen LogP contribution is 2.12. The monoisotopic (exact) mass is 329 g/mol. The van der Waals surface area contributed by atoms with Gasteiger partial charge in [-0.25, -0.2) is 0 Å². The van der Waals surface area contributed by atoms with Gasteiger partial charge in [-0.15, -0.1) is 13.2 Å². The first-order valence-electron chi connectivity index (χ1n) is 7.26. The molecule has 0 aliphatic carbocycles. The Morgan fingerprint density at radius 3 is 2.26 bits per heavy atom. The largest absolute Gasteiger partial charge is 0.469 e. The van der Waals surface area contributed by atoms with Crippen molar-refractivity contribution in [2.45, 2.75) is 31.2 Å². The van der Waals surface area contributed by atoms with Crippen LogP contribution >= 0.6 is 0 Å². The van der Waals surface area contributed by atoms with E-state index >= 15 is 0 Å². The van der Waals surface area contributed by atoms with Gasteiger partial charge in [-0.1, -0.05) is 12.2 Å². The van der Waals surface area contributed by atoms with E-state index in [-0.39, 0.29) is 25.3 Å². The van der Waals surface area contributed by atoms with E-state index in [0.717, 1.165) is 0 Å². The molecule has 7 heteroatoms. The highest BCUT2D eigenvalue weighted by molar-refractivity contribution is 5.81. The van der Waals surface area contributed by atoms with Crippen molar-refractivity contribution >= 4 is 11.9 Å². The van der Waals surface area contributed by atoms with Gasteiger partial charge in [0.15, 0.2) is 0 Å². The number of nitrogens with zero attached hydrogens (tertiary/aromatic N) is 1. The van der Waals surface area contributed by atoms with Gasteiger partial charge >= 0.3 is 5.97 Å². The van der Waals surface area contributed by atoms with E-state index in [2.05, 4.69) is 17.9 Å². The van der Waals surface area contributed by atoms with Crippen LogP contribution in [0.4, 0.5) is 0 Å². The molecule has 1 amide bonds. The van der Waals surface area contributed by atoms with E-state index in [1.807, 2.05) is 0 Å². The normalized spacial score (nSPS) is 14.4. The Labute approximate surface area is 137 Å². The van der Waals surface area contributed by atoms with Gasteiger partial charge in [-0.05, 0) is 0 Å². The minimum Gasteiger partial charge on any atom is -0.469 e. The quantitative estimate of drug-likeness (QED) is 0.415. The molecule has 0 saturated carbocycles. The Kier molecular flexibility index (Phi) is 10.9. The second kappa shape index (κ2) is 11.8. The summed E-state index contributed by atoms with van der Waals surface area (Å²) in [6, 6.07) is 0. The number of aliphatic hydroxyl groups is 1. The lowest BCUT2D eigenvalue weighted by Gasteiger charge is -2.32. The summed E-state index contributed by atoms with van der Waals surface area (Å²) < 4.78 is 15.1. The Hall–Kier alpha value is -1.70. The zero-order valence-electron chi connectivity index (χ0n) is 14.1. The van der Waals surface area contributed by atoms with E-state index in [0.29, 0.717) is 6.54 Å². The molecule has 0 aliphatic heterocycles. The van der Waals surface area contributed by atoms with E-state index in [1.165, 1.54) is 32.3 Å². The number of carbonyl (C=O) groups excluding carboxylic acids is 2. The van der Waals surface area contributed by atoms with Crippen LogP contribution in [0.5, 0.6) is 0 Å². The molecule has 3 atom stereocenters. The van der Waals surface area contributed by atoms with Crippen molar-refractivity contribution in [1.82, 2.24) is 4.90 Å². The topological polar surface area (TPSA) is 85.3 Å². The van der Waals surface area contributed by atoms with Crippen molar-refractivity contribution in [3.63, 3.8) is 0 Å². The van der Waals surface area contributed by atoms with Gasteiger partial charge < -0.3 is 24.2 Å². The maximum absolute atomic E-state index is 12.2. The summed E-state index contributed by atoms with van der Waals surface area (Å²) >= 11 is 0. The lowest BCUT2D eigenvalue weighted by atomic mass is 10.1. The molecule has 23 heavy (non-hydrogen) atoms. The third-order valence-corrected chi connectivity index (χ3v) is 3.39. The summed E-state index contributed by atoms with van der Waals surface area (Å²) in [7, 11) is 4.19. The molecule has 0 aromatic heterocycles. The third-order valence-electron chi connectivity index (χ3n) is 3.39. The standard InChI is InChI=1S/C16H27NO6/c1-6-10-17(14(19)8-9-15(20)22-4)11-13(21-3)16(23-5)12(18)7-2/h6-7,12-13,16,18H,1-2,8-11H2,3-5H3/t12-,13?,16-/m0/s1. The van der Waals surface area contributed by atoms with Crippen molar-refractivity contribution in [1.29, 1.82) is 0 Å². The third kappa shape index (κ3) is 7.40. The predicted octanol–water partition coefficient (Wildman–Crippen LogP) is 0.531. The van der Waals surface area contributed by atoms with Crippen LogP contribution in [-0.2, 0) is 23.8 Å². The zero-order valence-corrected chi connectivity index (χ0v) is 14.1. The zero-order chi connectivity index (χ0) is 17.8. The molecule has 0 spiro atoms. The van der Waals surface area contributed by atoms with E-state index in [1.54, 1.807) is 6.08 Å². The molecular weight excluding hydrogens is 302 g/mol. The number of aliphatic hydroxyl groups excluding tert-OH is 1. The molecule has 0 heterocycles. The number of methoxy groups -OCH3 is 3. The maximum atomic E-state index is 12.2. The van der Waals surface area contributed by atoms with Gasteiger partial charge in [0.25, 0.3) is 0 Å². The smallest absolute Gasteiger partial charge is 0.306 e. The van der Waals surface area contributed by atoms with E-state index < -0.39 is 24.3 Å². The summed E-state index contributed by atoms with van der Waals surface area (Å²) in [6.07, 6.45) is 0.794. The van der Waals surface area contributed by atoms with Crippen LogP contribution < -0.4 is 0 Å². The van der Waals surface area contributed by atoms with Gasteiger partial charge in [0.05, 0.1) is 13.5 Å². The molecule has 0 aromatic rings. The van der Waals surface area contributed by atoms with Crippen LogP contribution in [0.15, 0.2) is 25.3 Å². The summed E-state index contributed by atoms with van der Waals surface area (Å²) in [6.45, 7) is 7.62. The van der Waals surface area contributed by atoms with E-state index in [9.17, 15) is 14.7 Å². The minimum atomic E-state index is -0.930. The Morgan fingerprint density at radius 1 is 1.17 bits per heavy atom. The molecule has 1 unspecified atom stereocenters. The van der Waals surface area contributed by atoms with Gasteiger partial charge in [0.2, 0.25) is 5.91 Å². The Bertz CT molecular complexity index is 398. The maximum Gasteiger partial charge on any atom is 0.306 e. The van der Waals surface area contributed by atoms with Crippen LogP contribution in [0.25, 0.3) is 0 Å². The van der Waals surface area contributed by atoms with Crippen molar-refractivity contribution in [2.24, 2.45) is 0 Å². The van der Waals surface area contributed by atoms with Crippen LogP contribution in [-0.4, -0.2) is 74.6 Å². The average Bonchev–Trinajstić information content (AvgIpc) is 2.57. The fraction of sp³-hybridized carbons (Fsp3) is 0.625. The van der Waals surface area contributed by atoms with Crippen molar-refractivity contribution < 1.29 is 28.9 Å². The number of hydrogen-bond acceptors (Lipinski definition) is 6. The second-order valence-electron chi connectivity index (χ2n) is 4.86. The molecular formula is C16H27NO6. The second-order valence-corrected chi connectivity index (χ2v) is 4.86. The van der Waals surface area contributed by atoms with Gasteiger partial charge in [-0.2, -0.15) is 0 Å². The fourth-order valence-electron chi connectivity index (χ4n) is 2.08. The number of hydrogen-bond donors (Lipinski definition) is 1. The highest BCUT2D eigenvalue weighted by atomic mass is 16.5. The molecule has 0 saturated heterocycles. The Morgan fingerprint density at radius 2 is 1.83 bits per heavy atom. The summed E-state index contributed by atoms with van der Waals surface area (Å²) in [5, 5.41) is 9.90. The first kappa shape index (κ1) is 21.3. The molecule has 0 fully saturated rings. The molecule has 0 aliphatic rings. The molecule has 7 nitrogen and oxygen atoms in total. The van der Waals surface area contributed by atoms with Crippen LogP contribution in [0.3, 0.4) is 0 Å². The van der Waals surface area contributed by atoms with Gasteiger partial charge in [0.1, 0.15) is 18.3 Å². The summed E-state index contributed by atoms with van der Waals surface area (Å²) in [5.74, 6) is -0.683. The van der Waals surface area contributed by atoms with E-state index in [4.69, 9.17) is 9.47 Å². The molecule has 1 N–H and O–H groups in total.